The quantitative estimate of drug-likeness (QED) is 0.434. The number of aromatic hydroxyl groups is 1. The third-order valence-corrected chi connectivity index (χ3v) is 1.89. The predicted molar refractivity (Wildman–Crippen MR) is 61.4 cm³/mol. The SMILES string of the molecule is CC(O)CNC(=O)C(=O)Nc1ccc(O)cc1. The molecule has 0 bridgehead atoms. The molecule has 0 saturated carbocycles. The number of amides is 2. The Morgan fingerprint density at radius 3 is 2.35 bits per heavy atom. The minimum Gasteiger partial charge on any atom is -0.508 e. The largest absolute Gasteiger partial charge is 0.508 e. The zero-order valence-electron chi connectivity index (χ0n) is 9.30. The summed E-state index contributed by atoms with van der Waals surface area (Å²) < 4.78 is 0. The van der Waals surface area contributed by atoms with Gasteiger partial charge in [-0.3, -0.25) is 9.59 Å². The molecule has 1 atom stereocenters. The van der Waals surface area contributed by atoms with E-state index in [1.807, 2.05) is 0 Å². The molecule has 1 unspecified atom stereocenters. The fraction of sp³-hybridized carbons (Fsp3) is 0.273. The third kappa shape index (κ3) is 4.52. The first-order chi connectivity index (χ1) is 7.99. The number of aliphatic hydroxyl groups is 1. The van der Waals surface area contributed by atoms with Crippen LogP contribution in [-0.2, 0) is 9.59 Å². The normalized spacial score (nSPS) is 11.6. The second kappa shape index (κ2) is 5.86. The van der Waals surface area contributed by atoms with Gasteiger partial charge in [0.1, 0.15) is 5.75 Å². The van der Waals surface area contributed by atoms with Crippen molar-refractivity contribution in [1.82, 2.24) is 5.32 Å². The van der Waals surface area contributed by atoms with Crippen LogP contribution in [0.2, 0.25) is 0 Å². The van der Waals surface area contributed by atoms with Crippen LogP contribution >= 0.6 is 0 Å². The molecular formula is C11H14N2O4. The highest BCUT2D eigenvalue weighted by Gasteiger charge is 2.13. The Morgan fingerprint density at radius 2 is 1.82 bits per heavy atom. The first-order valence-electron chi connectivity index (χ1n) is 5.05. The minimum atomic E-state index is -0.823. The Labute approximate surface area is 98.3 Å². The van der Waals surface area contributed by atoms with Crippen LogP contribution in [0.25, 0.3) is 0 Å². The third-order valence-electron chi connectivity index (χ3n) is 1.89. The number of carbonyl (C=O) groups excluding carboxylic acids is 2. The molecule has 4 N–H and O–H groups in total. The summed E-state index contributed by atoms with van der Waals surface area (Å²) in [7, 11) is 0. The van der Waals surface area contributed by atoms with Gasteiger partial charge in [-0.15, -0.1) is 0 Å². The summed E-state index contributed by atoms with van der Waals surface area (Å²) in [5, 5.41) is 22.6. The van der Waals surface area contributed by atoms with E-state index in [0.717, 1.165) is 0 Å². The van der Waals surface area contributed by atoms with Gasteiger partial charge in [-0.1, -0.05) is 0 Å². The number of phenols is 1. The summed E-state index contributed by atoms with van der Waals surface area (Å²) in [6, 6.07) is 5.72. The van der Waals surface area contributed by atoms with Crippen LogP contribution < -0.4 is 10.6 Å². The molecule has 6 nitrogen and oxygen atoms in total. The van der Waals surface area contributed by atoms with Crippen LogP contribution in [0.3, 0.4) is 0 Å². The zero-order valence-corrected chi connectivity index (χ0v) is 9.30. The highest BCUT2D eigenvalue weighted by atomic mass is 16.3. The molecule has 0 aliphatic rings. The van der Waals surface area contributed by atoms with Crippen LogP contribution in [0, 0.1) is 0 Å². The van der Waals surface area contributed by atoms with Crippen molar-refractivity contribution in [2.24, 2.45) is 0 Å². The van der Waals surface area contributed by atoms with Crippen molar-refractivity contribution in [2.45, 2.75) is 13.0 Å². The van der Waals surface area contributed by atoms with Crippen molar-refractivity contribution in [1.29, 1.82) is 0 Å². The Kier molecular flexibility index (Phi) is 4.47. The van der Waals surface area contributed by atoms with Gasteiger partial charge < -0.3 is 20.8 Å². The van der Waals surface area contributed by atoms with Gasteiger partial charge in [0.25, 0.3) is 0 Å². The average Bonchev–Trinajstić information content (AvgIpc) is 2.28. The van der Waals surface area contributed by atoms with Crippen molar-refractivity contribution >= 4 is 17.5 Å². The molecule has 1 aromatic carbocycles. The van der Waals surface area contributed by atoms with E-state index < -0.39 is 17.9 Å². The van der Waals surface area contributed by atoms with Crippen LogP contribution in [0.15, 0.2) is 24.3 Å². The number of phenolic OH excluding ortho intramolecular Hbond substituents is 1. The fourth-order valence-electron chi connectivity index (χ4n) is 1.05. The minimum absolute atomic E-state index is 0.0157. The highest BCUT2D eigenvalue weighted by Crippen LogP contribution is 2.13. The zero-order chi connectivity index (χ0) is 12.8. The van der Waals surface area contributed by atoms with Crippen LogP contribution in [0.1, 0.15) is 6.92 Å². The molecule has 0 aromatic heterocycles. The van der Waals surface area contributed by atoms with E-state index in [1.165, 1.54) is 31.2 Å². The first kappa shape index (κ1) is 13.0. The van der Waals surface area contributed by atoms with Gasteiger partial charge in [-0.25, -0.2) is 0 Å². The maximum atomic E-state index is 11.3. The summed E-state index contributed by atoms with van der Waals surface area (Å²) in [4.78, 5) is 22.6. The molecule has 6 heteroatoms. The van der Waals surface area contributed by atoms with Gasteiger partial charge in [-0.2, -0.15) is 0 Å². The molecule has 0 aliphatic heterocycles. The molecular weight excluding hydrogens is 224 g/mol. The van der Waals surface area contributed by atoms with Gasteiger partial charge in [-0.05, 0) is 31.2 Å². The summed E-state index contributed by atoms with van der Waals surface area (Å²) in [6.07, 6.45) is -0.708. The van der Waals surface area contributed by atoms with Gasteiger partial charge in [0.2, 0.25) is 0 Å². The summed E-state index contributed by atoms with van der Waals surface area (Å²) in [5.74, 6) is -1.57. The van der Waals surface area contributed by atoms with Gasteiger partial charge in [0, 0.05) is 12.2 Å². The molecule has 1 aromatic rings. The number of nitrogens with one attached hydrogen (secondary N) is 2. The second-order valence-electron chi connectivity index (χ2n) is 3.56. The average molecular weight is 238 g/mol. The maximum Gasteiger partial charge on any atom is 0.313 e. The summed E-state index contributed by atoms with van der Waals surface area (Å²) >= 11 is 0. The van der Waals surface area contributed by atoms with Crippen LogP contribution in [0.4, 0.5) is 5.69 Å². The number of anilines is 1. The monoisotopic (exact) mass is 238 g/mol. The molecule has 92 valence electrons. The predicted octanol–water partition coefficient (Wildman–Crippen LogP) is -0.172. The number of hydrogen-bond donors (Lipinski definition) is 4. The number of rotatable bonds is 3. The summed E-state index contributed by atoms with van der Waals surface area (Å²) in [6.45, 7) is 1.51. The molecule has 0 radical (unpaired) electrons. The molecule has 0 saturated heterocycles. The molecule has 0 spiro atoms. The van der Waals surface area contributed by atoms with Gasteiger partial charge >= 0.3 is 11.8 Å². The standard InChI is InChI=1S/C11H14N2O4/c1-7(14)6-12-10(16)11(17)13-8-2-4-9(15)5-3-8/h2-5,7,14-15H,6H2,1H3,(H,12,16)(H,13,17). The maximum absolute atomic E-state index is 11.3. The Balaban J connectivity index is 2.48. The number of benzene rings is 1. The lowest BCUT2D eigenvalue weighted by molar-refractivity contribution is -0.136. The number of hydrogen-bond acceptors (Lipinski definition) is 4. The lowest BCUT2D eigenvalue weighted by atomic mass is 10.3. The van der Waals surface area contributed by atoms with E-state index >= 15 is 0 Å². The Bertz CT molecular complexity index is 400. The van der Waals surface area contributed by atoms with E-state index in [9.17, 15) is 9.59 Å². The highest BCUT2D eigenvalue weighted by molar-refractivity contribution is 6.39. The van der Waals surface area contributed by atoms with E-state index in [-0.39, 0.29) is 12.3 Å². The molecule has 0 fully saturated rings. The van der Waals surface area contributed by atoms with Gasteiger partial charge in [0.05, 0.1) is 6.10 Å². The smallest absolute Gasteiger partial charge is 0.313 e. The van der Waals surface area contributed by atoms with Crippen molar-refractivity contribution in [2.75, 3.05) is 11.9 Å². The molecule has 0 aliphatic carbocycles. The van der Waals surface area contributed by atoms with E-state index in [4.69, 9.17) is 10.2 Å². The van der Waals surface area contributed by atoms with E-state index in [0.29, 0.717) is 5.69 Å². The molecule has 0 heterocycles. The van der Waals surface area contributed by atoms with E-state index in [2.05, 4.69) is 10.6 Å². The van der Waals surface area contributed by atoms with Crippen molar-refractivity contribution < 1.29 is 19.8 Å². The van der Waals surface area contributed by atoms with Crippen LogP contribution in [0.5, 0.6) is 5.75 Å². The lowest BCUT2D eigenvalue weighted by Gasteiger charge is -2.07. The Morgan fingerprint density at radius 1 is 1.24 bits per heavy atom. The van der Waals surface area contributed by atoms with E-state index in [1.54, 1.807) is 0 Å². The molecule has 17 heavy (non-hydrogen) atoms. The van der Waals surface area contributed by atoms with Gasteiger partial charge in [0.15, 0.2) is 0 Å². The second-order valence-corrected chi connectivity index (χ2v) is 3.56. The van der Waals surface area contributed by atoms with Crippen LogP contribution in [-0.4, -0.2) is 34.7 Å². The van der Waals surface area contributed by atoms with Crippen molar-refractivity contribution in [3.8, 4) is 5.75 Å². The fourth-order valence-corrected chi connectivity index (χ4v) is 1.05. The topological polar surface area (TPSA) is 98.7 Å². The molecule has 1 rings (SSSR count). The summed E-state index contributed by atoms with van der Waals surface area (Å²) in [5.41, 5.74) is 0.403. The molecule has 2 amide bonds. The van der Waals surface area contributed by atoms with Crippen molar-refractivity contribution in [3.05, 3.63) is 24.3 Å². The number of carbonyl (C=O) groups is 2. The lowest BCUT2D eigenvalue weighted by Crippen LogP contribution is -2.38. The first-order valence-corrected chi connectivity index (χ1v) is 5.05. The Hall–Kier alpha value is -2.08. The van der Waals surface area contributed by atoms with Crippen molar-refractivity contribution in [3.63, 3.8) is 0 Å². The number of aliphatic hydroxyl groups excluding tert-OH is 1.